The van der Waals surface area contributed by atoms with Gasteiger partial charge in [-0.15, -0.1) is 5.10 Å². The van der Waals surface area contributed by atoms with Crippen molar-refractivity contribution in [3.63, 3.8) is 0 Å². The first-order valence-electron chi connectivity index (χ1n) is 5.33. The average Bonchev–Trinajstić information content (AvgIpc) is 2.69. The largest absolute Gasteiger partial charge is 0.200 e. The fraction of sp³-hybridized carbons (Fsp3) is 0.417. The van der Waals surface area contributed by atoms with Crippen LogP contribution in [-0.4, -0.2) is 20.2 Å². The molecular formula is C12H16N4. The Kier molecular flexibility index (Phi) is 2.50. The van der Waals surface area contributed by atoms with E-state index in [0.717, 1.165) is 5.69 Å². The van der Waals surface area contributed by atoms with Crippen LogP contribution in [0.5, 0.6) is 0 Å². The zero-order valence-electron chi connectivity index (χ0n) is 10.1. The number of rotatable bonds is 1. The van der Waals surface area contributed by atoms with Gasteiger partial charge in [-0.1, -0.05) is 32.9 Å². The van der Waals surface area contributed by atoms with Gasteiger partial charge in [-0.3, -0.25) is 0 Å². The highest BCUT2D eigenvalue weighted by Crippen LogP contribution is 2.25. The minimum atomic E-state index is 0.135. The summed E-state index contributed by atoms with van der Waals surface area (Å²) in [6.07, 6.45) is 1.62. The van der Waals surface area contributed by atoms with Gasteiger partial charge in [0.05, 0.1) is 5.69 Å². The van der Waals surface area contributed by atoms with E-state index in [1.165, 1.54) is 11.1 Å². The van der Waals surface area contributed by atoms with Gasteiger partial charge >= 0.3 is 0 Å². The molecular weight excluding hydrogens is 200 g/mol. The normalized spacial score (nSPS) is 11.8. The van der Waals surface area contributed by atoms with Gasteiger partial charge in [0.1, 0.15) is 6.33 Å². The summed E-state index contributed by atoms with van der Waals surface area (Å²) < 4.78 is 1.70. The van der Waals surface area contributed by atoms with Crippen molar-refractivity contribution in [2.75, 3.05) is 0 Å². The third kappa shape index (κ3) is 1.96. The van der Waals surface area contributed by atoms with Gasteiger partial charge < -0.3 is 0 Å². The molecule has 4 heteroatoms. The maximum Gasteiger partial charge on any atom is 0.143 e. The second kappa shape index (κ2) is 3.70. The van der Waals surface area contributed by atoms with Gasteiger partial charge in [0, 0.05) is 0 Å². The molecule has 0 fully saturated rings. The molecule has 0 radical (unpaired) electrons. The SMILES string of the molecule is Cc1ccc(C(C)(C)C)cc1-n1cnnn1. The summed E-state index contributed by atoms with van der Waals surface area (Å²) in [5.41, 5.74) is 3.62. The molecule has 0 aliphatic rings. The number of nitrogens with zero attached hydrogens (tertiary/aromatic N) is 4. The number of hydrogen-bond acceptors (Lipinski definition) is 3. The van der Waals surface area contributed by atoms with E-state index >= 15 is 0 Å². The lowest BCUT2D eigenvalue weighted by Gasteiger charge is -2.20. The first-order chi connectivity index (χ1) is 7.48. The zero-order valence-corrected chi connectivity index (χ0v) is 10.1. The molecule has 0 N–H and O–H groups in total. The molecule has 1 heterocycles. The molecule has 0 unspecified atom stereocenters. The Morgan fingerprint density at radius 1 is 1.19 bits per heavy atom. The van der Waals surface area contributed by atoms with Gasteiger partial charge in [-0.05, 0) is 40.0 Å². The molecule has 4 nitrogen and oxygen atoms in total. The van der Waals surface area contributed by atoms with Crippen molar-refractivity contribution in [3.8, 4) is 5.69 Å². The Labute approximate surface area is 95.3 Å². The van der Waals surface area contributed by atoms with E-state index in [2.05, 4.69) is 61.4 Å². The van der Waals surface area contributed by atoms with Crippen molar-refractivity contribution in [1.29, 1.82) is 0 Å². The lowest BCUT2D eigenvalue weighted by atomic mass is 9.86. The molecule has 2 rings (SSSR count). The molecule has 0 saturated carbocycles. The predicted molar refractivity (Wildman–Crippen MR) is 62.6 cm³/mol. The van der Waals surface area contributed by atoms with E-state index in [1.807, 2.05) is 0 Å². The Morgan fingerprint density at radius 2 is 1.94 bits per heavy atom. The van der Waals surface area contributed by atoms with Crippen LogP contribution in [0.3, 0.4) is 0 Å². The van der Waals surface area contributed by atoms with Crippen molar-refractivity contribution in [2.45, 2.75) is 33.1 Å². The molecule has 16 heavy (non-hydrogen) atoms. The fourth-order valence-electron chi connectivity index (χ4n) is 1.59. The third-order valence-corrected chi connectivity index (χ3v) is 2.67. The van der Waals surface area contributed by atoms with E-state index in [0.29, 0.717) is 0 Å². The fourth-order valence-corrected chi connectivity index (χ4v) is 1.59. The highest BCUT2D eigenvalue weighted by Gasteiger charge is 2.15. The number of benzene rings is 1. The number of aryl methyl sites for hydroxylation is 1. The Bertz CT molecular complexity index is 480. The van der Waals surface area contributed by atoms with Crippen molar-refractivity contribution >= 4 is 0 Å². The maximum absolute atomic E-state index is 3.93. The number of tetrazole rings is 1. The van der Waals surface area contributed by atoms with E-state index < -0.39 is 0 Å². The summed E-state index contributed by atoms with van der Waals surface area (Å²) >= 11 is 0. The summed E-state index contributed by atoms with van der Waals surface area (Å²) in [5, 5.41) is 11.3. The second-order valence-electron chi connectivity index (χ2n) is 5.01. The van der Waals surface area contributed by atoms with E-state index in [-0.39, 0.29) is 5.41 Å². The first kappa shape index (κ1) is 10.8. The molecule has 0 atom stereocenters. The summed E-state index contributed by atoms with van der Waals surface area (Å²) in [6, 6.07) is 6.41. The van der Waals surface area contributed by atoms with Gasteiger partial charge in [0.25, 0.3) is 0 Å². The lowest BCUT2D eigenvalue weighted by molar-refractivity contribution is 0.589. The van der Waals surface area contributed by atoms with E-state index in [9.17, 15) is 0 Å². The smallest absolute Gasteiger partial charge is 0.143 e. The quantitative estimate of drug-likeness (QED) is 0.734. The molecule has 0 aliphatic carbocycles. The molecule has 0 aliphatic heterocycles. The van der Waals surface area contributed by atoms with E-state index in [1.54, 1.807) is 11.0 Å². The monoisotopic (exact) mass is 216 g/mol. The van der Waals surface area contributed by atoms with Crippen molar-refractivity contribution in [2.24, 2.45) is 0 Å². The highest BCUT2D eigenvalue weighted by molar-refractivity contribution is 5.44. The summed E-state index contributed by atoms with van der Waals surface area (Å²) in [7, 11) is 0. The molecule has 1 aromatic carbocycles. The molecule has 1 aromatic heterocycles. The van der Waals surface area contributed by atoms with Crippen LogP contribution in [0.2, 0.25) is 0 Å². The lowest BCUT2D eigenvalue weighted by Crippen LogP contribution is -2.12. The number of aromatic nitrogens is 4. The van der Waals surface area contributed by atoms with Crippen LogP contribution in [0.25, 0.3) is 5.69 Å². The topological polar surface area (TPSA) is 43.6 Å². The standard InChI is InChI=1S/C12H16N4/c1-9-5-6-10(12(2,3)4)7-11(9)16-8-13-14-15-16/h5-8H,1-4H3. The Morgan fingerprint density at radius 3 is 2.50 bits per heavy atom. The van der Waals surface area contributed by atoms with Crippen molar-refractivity contribution < 1.29 is 0 Å². The molecule has 84 valence electrons. The first-order valence-corrected chi connectivity index (χ1v) is 5.33. The van der Waals surface area contributed by atoms with Crippen LogP contribution >= 0.6 is 0 Å². The summed E-state index contributed by atoms with van der Waals surface area (Å²) in [6.45, 7) is 8.65. The Balaban J connectivity index is 2.54. The van der Waals surface area contributed by atoms with Gasteiger partial charge in [-0.2, -0.15) is 0 Å². The van der Waals surface area contributed by atoms with Crippen LogP contribution in [-0.2, 0) is 5.41 Å². The summed E-state index contributed by atoms with van der Waals surface area (Å²) in [5.74, 6) is 0. The van der Waals surface area contributed by atoms with Crippen molar-refractivity contribution in [1.82, 2.24) is 20.2 Å². The zero-order chi connectivity index (χ0) is 11.8. The van der Waals surface area contributed by atoms with Crippen LogP contribution in [0, 0.1) is 6.92 Å². The molecule has 0 amide bonds. The summed E-state index contributed by atoms with van der Waals surface area (Å²) in [4.78, 5) is 0. The molecule has 2 aromatic rings. The minimum absolute atomic E-state index is 0.135. The highest BCUT2D eigenvalue weighted by atomic mass is 15.5. The van der Waals surface area contributed by atoms with Crippen LogP contribution in [0.1, 0.15) is 31.9 Å². The second-order valence-corrected chi connectivity index (χ2v) is 5.01. The molecule has 0 saturated heterocycles. The van der Waals surface area contributed by atoms with Gasteiger partial charge in [-0.25, -0.2) is 4.68 Å². The minimum Gasteiger partial charge on any atom is -0.200 e. The average molecular weight is 216 g/mol. The predicted octanol–water partition coefficient (Wildman–Crippen LogP) is 2.27. The van der Waals surface area contributed by atoms with Crippen LogP contribution in [0.15, 0.2) is 24.5 Å². The Hall–Kier alpha value is -1.71. The van der Waals surface area contributed by atoms with Gasteiger partial charge in [0.15, 0.2) is 0 Å². The van der Waals surface area contributed by atoms with Crippen LogP contribution < -0.4 is 0 Å². The number of hydrogen-bond donors (Lipinski definition) is 0. The van der Waals surface area contributed by atoms with E-state index in [4.69, 9.17) is 0 Å². The molecule has 0 bridgehead atoms. The van der Waals surface area contributed by atoms with Gasteiger partial charge in [0.2, 0.25) is 0 Å². The molecule has 0 spiro atoms. The maximum atomic E-state index is 3.93. The third-order valence-electron chi connectivity index (χ3n) is 2.67. The van der Waals surface area contributed by atoms with Crippen molar-refractivity contribution in [3.05, 3.63) is 35.7 Å². The van der Waals surface area contributed by atoms with Crippen LogP contribution in [0.4, 0.5) is 0 Å².